The van der Waals surface area contributed by atoms with E-state index in [1.807, 2.05) is 49.4 Å². The first-order valence-electron chi connectivity index (χ1n) is 6.64. The molecule has 0 saturated heterocycles. The quantitative estimate of drug-likeness (QED) is 0.651. The molecule has 2 rings (SSSR count). The summed E-state index contributed by atoms with van der Waals surface area (Å²) < 4.78 is 5.63. The molecule has 0 aliphatic carbocycles. The van der Waals surface area contributed by atoms with E-state index in [0.717, 1.165) is 33.8 Å². The molecule has 1 N–H and O–H groups in total. The minimum atomic E-state index is 0.616. The highest BCUT2D eigenvalue weighted by molar-refractivity contribution is 6.46. The van der Waals surface area contributed by atoms with Crippen LogP contribution in [0.5, 0.6) is 0 Å². The van der Waals surface area contributed by atoms with E-state index in [9.17, 15) is 0 Å². The Morgan fingerprint density at radius 3 is 2.85 bits per heavy atom. The molecule has 2 aromatic rings. The van der Waals surface area contributed by atoms with Gasteiger partial charge in [0.2, 0.25) is 0 Å². The smallest absolute Gasteiger partial charge is 0.308 e. The van der Waals surface area contributed by atoms with E-state index in [1.165, 1.54) is 0 Å². The van der Waals surface area contributed by atoms with Crippen molar-refractivity contribution in [2.24, 2.45) is 0 Å². The third-order valence-electron chi connectivity index (χ3n) is 2.99. The van der Waals surface area contributed by atoms with Gasteiger partial charge >= 0.3 is 7.48 Å². The van der Waals surface area contributed by atoms with Crippen molar-refractivity contribution in [3.05, 3.63) is 65.5 Å². The Bertz CT molecular complexity index is 574. The van der Waals surface area contributed by atoms with Crippen molar-refractivity contribution in [1.29, 1.82) is 0 Å². The average molecular weight is 287 g/mol. The van der Waals surface area contributed by atoms with Crippen LogP contribution in [0.2, 0.25) is 5.02 Å². The molecule has 103 valence electrons. The van der Waals surface area contributed by atoms with Gasteiger partial charge in [-0.1, -0.05) is 41.3 Å². The van der Waals surface area contributed by atoms with Crippen LogP contribution in [0.15, 0.2) is 42.5 Å². The van der Waals surface area contributed by atoms with Crippen LogP contribution < -0.4 is 10.8 Å². The van der Waals surface area contributed by atoms with Gasteiger partial charge in [-0.15, -0.1) is 0 Å². The summed E-state index contributed by atoms with van der Waals surface area (Å²) >= 11 is 5.99. The Balaban J connectivity index is 1.70. The van der Waals surface area contributed by atoms with Crippen LogP contribution in [-0.2, 0) is 4.65 Å². The maximum absolute atomic E-state index is 5.99. The zero-order valence-electron chi connectivity index (χ0n) is 11.7. The lowest BCUT2D eigenvalue weighted by molar-refractivity contribution is 0.359. The number of rotatable bonds is 6. The van der Waals surface area contributed by atoms with E-state index in [1.54, 1.807) is 0 Å². The van der Waals surface area contributed by atoms with Crippen LogP contribution in [0, 0.1) is 13.8 Å². The summed E-state index contributed by atoms with van der Waals surface area (Å²) in [6.45, 7) is 7.32. The SMILES string of the molecule is [CH2]c1cccc(BOCCNc2ccc(Cl)c(C)c2)c1. The Labute approximate surface area is 126 Å². The van der Waals surface area contributed by atoms with Gasteiger partial charge in [0, 0.05) is 23.9 Å². The second kappa shape index (κ2) is 7.37. The maximum Gasteiger partial charge on any atom is 0.308 e. The number of hydrogen-bond acceptors (Lipinski definition) is 2. The van der Waals surface area contributed by atoms with Gasteiger partial charge < -0.3 is 9.97 Å². The highest BCUT2D eigenvalue weighted by Gasteiger charge is 1.99. The summed E-state index contributed by atoms with van der Waals surface area (Å²) in [7, 11) is 0.616. The Hall–Kier alpha value is -1.45. The van der Waals surface area contributed by atoms with E-state index in [0.29, 0.717) is 14.1 Å². The van der Waals surface area contributed by atoms with Crippen molar-refractivity contribution >= 4 is 30.2 Å². The van der Waals surface area contributed by atoms with E-state index in [4.69, 9.17) is 16.3 Å². The molecule has 0 aliphatic heterocycles. The van der Waals surface area contributed by atoms with Crippen LogP contribution in [0.25, 0.3) is 0 Å². The standard InChI is InChI=1S/C16H18BClNO/c1-12-4-3-5-14(10-12)17-20-9-8-19-15-6-7-16(18)13(2)11-15/h3-7,10-11,17,19H,1,8-9H2,2H3. The number of hydrogen-bond donors (Lipinski definition) is 1. The number of benzene rings is 2. The van der Waals surface area contributed by atoms with Gasteiger partial charge in [0.25, 0.3) is 0 Å². The Kier molecular flexibility index (Phi) is 5.51. The topological polar surface area (TPSA) is 21.3 Å². The molecule has 0 aliphatic rings. The molecule has 0 spiro atoms. The minimum absolute atomic E-state index is 0.616. The molecular weight excluding hydrogens is 268 g/mol. The van der Waals surface area contributed by atoms with E-state index in [2.05, 4.69) is 12.2 Å². The normalized spacial score (nSPS) is 10.3. The van der Waals surface area contributed by atoms with Crippen LogP contribution in [0.3, 0.4) is 0 Å². The monoisotopic (exact) mass is 286 g/mol. The van der Waals surface area contributed by atoms with Crippen LogP contribution in [-0.4, -0.2) is 20.6 Å². The molecule has 0 amide bonds. The van der Waals surface area contributed by atoms with Crippen molar-refractivity contribution in [3.8, 4) is 0 Å². The lowest BCUT2D eigenvalue weighted by Crippen LogP contribution is -2.20. The predicted molar refractivity (Wildman–Crippen MR) is 88.3 cm³/mol. The highest BCUT2D eigenvalue weighted by Crippen LogP contribution is 2.18. The van der Waals surface area contributed by atoms with Gasteiger partial charge in [-0.3, -0.25) is 0 Å². The fourth-order valence-electron chi connectivity index (χ4n) is 1.93. The van der Waals surface area contributed by atoms with Gasteiger partial charge in [-0.05, 0) is 43.2 Å². The first-order chi connectivity index (χ1) is 9.65. The zero-order chi connectivity index (χ0) is 14.4. The fourth-order valence-corrected chi connectivity index (χ4v) is 2.05. The third-order valence-corrected chi connectivity index (χ3v) is 3.42. The van der Waals surface area contributed by atoms with Gasteiger partial charge in [-0.25, -0.2) is 0 Å². The summed E-state index contributed by atoms with van der Waals surface area (Å²) in [6.07, 6.45) is 0. The number of nitrogens with one attached hydrogen (secondary N) is 1. The second-order valence-electron chi connectivity index (χ2n) is 4.76. The van der Waals surface area contributed by atoms with E-state index in [-0.39, 0.29) is 0 Å². The molecule has 2 nitrogen and oxygen atoms in total. The lowest BCUT2D eigenvalue weighted by Gasteiger charge is -2.08. The predicted octanol–water partition coefficient (Wildman–Crippen LogP) is 2.94. The third kappa shape index (κ3) is 4.59. The molecule has 0 bridgehead atoms. The van der Waals surface area contributed by atoms with Crippen molar-refractivity contribution < 1.29 is 4.65 Å². The second-order valence-corrected chi connectivity index (χ2v) is 5.17. The molecule has 0 heterocycles. The van der Waals surface area contributed by atoms with Gasteiger partial charge in [0.15, 0.2) is 0 Å². The van der Waals surface area contributed by atoms with Gasteiger partial charge in [0.05, 0.1) is 0 Å². The summed E-state index contributed by atoms with van der Waals surface area (Å²) in [6, 6.07) is 14.0. The zero-order valence-corrected chi connectivity index (χ0v) is 12.4. The molecule has 1 radical (unpaired) electrons. The molecule has 2 aromatic carbocycles. The summed E-state index contributed by atoms with van der Waals surface area (Å²) in [5.74, 6) is 0. The molecule has 0 aromatic heterocycles. The van der Waals surface area contributed by atoms with Crippen molar-refractivity contribution in [1.82, 2.24) is 0 Å². The highest BCUT2D eigenvalue weighted by atomic mass is 35.5. The molecule has 0 saturated carbocycles. The molecule has 0 fully saturated rings. The number of halogens is 1. The number of aryl methyl sites for hydroxylation is 1. The molecule has 0 atom stereocenters. The minimum Gasteiger partial charge on any atom is -0.433 e. The Morgan fingerprint density at radius 2 is 2.10 bits per heavy atom. The van der Waals surface area contributed by atoms with E-state index < -0.39 is 0 Å². The summed E-state index contributed by atoms with van der Waals surface area (Å²) in [5, 5.41) is 4.11. The van der Waals surface area contributed by atoms with Gasteiger partial charge in [0.1, 0.15) is 0 Å². The molecule has 20 heavy (non-hydrogen) atoms. The van der Waals surface area contributed by atoms with Crippen molar-refractivity contribution in [2.75, 3.05) is 18.5 Å². The Morgan fingerprint density at radius 1 is 1.25 bits per heavy atom. The van der Waals surface area contributed by atoms with Crippen LogP contribution in [0.1, 0.15) is 11.1 Å². The fraction of sp³-hybridized carbons (Fsp3) is 0.188. The largest absolute Gasteiger partial charge is 0.433 e. The molecule has 4 heteroatoms. The average Bonchev–Trinajstić information content (AvgIpc) is 2.42. The summed E-state index contributed by atoms with van der Waals surface area (Å²) in [4.78, 5) is 0. The van der Waals surface area contributed by atoms with Crippen LogP contribution >= 0.6 is 11.6 Å². The van der Waals surface area contributed by atoms with Crippen molar-refractivity contribution in [2.45, 2.75) is 6.92 Å². The lowest BCUT2D eigenvalue weighted by atomic mass is 9.87. The first-order valence-corrected chi connectivity index (χ1v) is 7.01. The van der Waals surface area contributed by atoms with Crippen LogP contribution in [0.4, 0.5) is 5.69 Å². The van der Waals surface area contributed by atoms with Gasteiger partial charge in [-0.2, -0.15) is 0 Å². The number of anilines is 1. The summed E-state index contributed by atoms with van der Waals surface area (Å²) in [5.41, 5.74) is 4.31. The molecular formula is C16H18BClNO. The van der Waals surface area contributed by atoms with Crippen molar-refractivity contribution in [3.63, 3.8) is 0 Å². The van der Waals surface area contributed by atoms with E-state index >= 15 is 0 Å². The maximum atomic E-state index is 5.99. The molecule has 0 unspecified atom stereocenters. The first kappa shape index (κ1) is 15.0.